The van der Waals surface area contributed by atoms with Crippen LogP contribution < -0.4 is 5.19 Å². The van der Waals surface area contributed by atoms with Crippen LogP contribution in [-0.4, -0.2) is 34.0 Å². The summed E-state index contributed by atoms with van der Waals surface area (Å²) in [6, 6.07) is 8.63. The molecule has 1 atom stereocenters. The van der Waals surface area contributed by atoms with Crippen LogP contribution in [0.2, 0.25) is 0 Å². The van der Waals surface area contributed by atoms with E-state index in [2.05, 4.69) is 18.4 Å². The Morgan fingerprint density at radius 1 is 0.913 bits per heavy atom. The summed E-state index contributed by atoms with van der Waals surface area (Å²) in [6.07, 6.45) is 0. The van der Waals surface area contributed by atoms with E-state index in [9.17, 15) is 13.2 Å². The molecular weight excluding hydrogens is 319 g/mol. The van der Waals surface area contributed by atoms with Gasteiger partial charge in [0.05, 0.1) is 0 Å². The number of hydrogen-bond donors (Lipinski definition) is 0. The molecule has 0 amide bonds. The van der Waals surface area contributed by atoms with Crippen molar-refractivity contribution in [2.45, 2.75) is 13.8 Å². The fourth-order valence-electron chi connectivity index (χ4n) is 2.62. The molecule has 0 radical (unpaired) electrons. The van der Waals surface area contributed by atoms with Crippen LogP contribution in [0.15, 0.2) is 36.4 Å². The molecule has 1 unspecified atom stereocenters. The van der Waals surface area contributed by atoms with Crippen molar-refractivity contribution in [3.05, 3.63) is 53.8 Å². The predicted octanol–water partition coefficient (Wildman–Crippen LogP) is 3.19. The maximum absolute atomic E-state index is 13.8. The molecular formula is C17H20F3NOSi. The molecule has 0 fully saturated rings. The molecule has 2 aromatic rings. The fourth-order valence-corrected chi connectivity index (χ4v) is 4.80. The lowest BCUT2D eigenvalue weighted by Crippen LogP contribution is -2.49. The molecule has 2 aromatic carbocycles. The summed E-state index contributed by atoms with van der Waals surface area (Å²) in [5.41, 5.74) is 0.558. The van der Waals surface area contributed by atoms with Gasteiger partial charge in [0.2, 0.25) is 0 Å². The van der Waals surface area contributed by atoms with Crippen molar-refractivity contribution in [1.29, 1.82) is 0 Å². The van der Waals surface area contributed by atoms with E-state index in [-0.39, 0.29) is 5.56 Å². The Kier molecular flexibility index (Phi) is 5.98. The lowest BCUT2D eigenvalue weighted by molar-refractivity contribution is 0.339. The van der Waals surface area contributed by atoms with Crippen LogP contribution in [0.25, 0.3) is 11.1 Å². The van der Waals surface area contributed by atoms with Gasteiger partial charge in [-0.05, 0) is 29.9 Å². The third-order valence-electron chi connectivity index (χ3n) is 3.88. The van der Waals surface area contributed by atoms with Crippen molar-refractivity contribution in [1.82, 2.24) is 4.57 Å². The fraction of sp³-hybridized carbons (Fsp3) is 0.294. The highest BCUT2D eigenvalue weighted by molar-refractivity contribution is 6.64. The lowest BCUT2D eigenvalue weighted by Gasteiger charge is -2.26. The first-order valence-corrected chi connectivity index (χ1v) is 9.10. The lowest BCUT2D eigenvalue weighted by atomic mass is 10.1. The average Bonchev–Trinajstić information content (AvgIpc) is 2.56. The van der Waals surface area contributed by atoms with Gasteiger partial charge in [0.15, 0.2) is 11.6 Å². The van der Waals surface area contributed by atoms with Crippen LogP contribution >= 0.6 is 0 Å². The predicted molar refractivity (Wildman–Crippen MR) is 88.5 cm³/mol. The number of rotatable bonds is 6. The van der Waals surface area contributed by atoms with Gasteiger partial charge in [-0.15, -0.1) is 0 Å². The van der Waals surface area contributed by atoms with Gasteiger partial charge in [-0.3, -0.25) is 0 Å². The number of halogens is 3. The van der Waals surface area contributed by atoms with Crippen molar-refractivity contribution >= 4 is 14.4 Å². The van der Waals surface area contributed by atoms with Crippen LogP contribution in [0.5, 0.6) is 0 Å². The summed E-state index contributed by atoms with van der Waals surface area (Å²) >= 11 is 0. The Hall–Kier alpha value is -1.63. The number of benzene rings is 2. The molecule has 2 nitrogen and oxygen atoms in total. The third kappa shape index (κ3) is 3.83. The minimum atomic E-state index is -1.73. The van der Waals surface area contributed by atoms with Crippen molar-refractivity contribution in [3.63, 3.8) is 0 Å². The third-order valence-corrected chi connectivity index (χ3v) is 6.68. The summed E-state index contributed by atoms with van der Waals surface area (Å²) in [4.78, 5) is 0. The SMILES string of the molecule is CCN(CC)[SiH](OC)c1ccc(-c2cc(F)c(F)cc2F)cc1. The minimum Gasteiger partial charge on any atom is -0.405 e. The van der Waals surface area contributed by atoms with Crippen molar-refractivity contribution in [2.75, 3.05) is 20.2 Å². The first-order valence-electron chi connectivity index (χ1n) is 7.53. The van der Waals surface area contributed by atoms with E-state index in [1.165, 1.54) is 0 Å². The van der Waals surface area contributed by atoms with E-state index >= 15 is 0 Å². The Labute approximate surface area is 136 Å². The molecule has 0 saturated carbocycles. The number of hydrogen-bond acceptors (Lipinski definition) is 2. The zero-order chi connectivity index (χ0) is 17.0. The maximum atomic E-state index is 13.8. The molecule has 2 rings (SSSR count). The molecule has 124 valence electrons. The largest absolute Gasteiger partial charge is 0.405 e. The van der Waals surface area contributed by atoms with E-state index in [1.54, 1.807) is 19.2 Å². The van der Waals surface area contributed by atoms with Gasteiger partial charge in [-0.2, -0.15) is 0 Å². The Morgan fingerprint density at radius 2 is 1.48 bits per heavy atom. The first kappa shape index (κ1) is 17.7. The van der Waals surface area contributed by atoms with Crippen LogP contribution in [0.4, 0.5) is 13.2 Å². The first-order chi connectivity index (χ1) is 11.0. The molecule has 0 saturated heterocycles. The smallest absolute Gasteiger partial charge is 0.287 e. The summed E-state index contributed by atoms with van der Waals surface area (Å²) in [6.45, 7) is 5.93. The van der Waals surface area contributed by atoms with Gasteiger partial charge in [0.1, 0.15) is 5.82 Å². The Balaban J connectivity index is 2.34. The molecule has 23 heavy (non-hydrogen) atoms. The summed E-state index contributed by atoms with van der Waals surface area (Å²) in [7, 11) is -0.0329. The maximum Gasteiger partial charge on any atom is 0.287 e. The Bertz CT molecular complexity index is 660. The molecule has 0 bridgehead atoms. The zero-order valence-electron chi connectivity index (χ0n) is 13.4. The molecule has 0 N–H and O–H groups in total. The van der Waals surface area contributed by atoms with Gasteiger partial charge >= 0.3 is 0 Å². The van der Waals surface area contributed by atoms with Crippen LogP contribution in [0.3, 0.4) is 0 Å². The van der Waals surface area contributed by atoms with Gasteiger partial charge in [0, 0.05) is 18.7 Å². The monoisotopic (exact) mass is 339 g/mol. The van der Waals surface area contributed by atoms with E-state index in [1.807, 2.05) is 12.1 Å². The van der Waals surface area contributed by atoms with Crippen LogP contribution in [0.1, 0.15) is 13.8 Å². The molecule has 0 aliphatic heterocycles. The average molecular weight is 339 g/mol. The van der Waals surface area contributed by atoms with Gasteiger partial charge in [-0.25, -0.2) is 13.2 Å². The summed E-state index contributed by atoms with van der Waals surface area (Å²) in [5.74, 6) is -3.02. The summed E-state index contributed by atoms with van der Waals surface area (Å²) in [5, 5.41) is 1.06. The van der Waals surface area contributed by atoms with Gasteiger partial charge in [-0.1, -0.05) is 38.1 Å². The molecule has 0 aromatic heterocycles. The Morgan fingerprint density at radius 3 is 2.00 bits per heavy atom. The topological polar surface area (TPSA) is 12.5 Å². The van der Waals surface area contributed by atoms with Gasteiger partial charge in [0.25, 0.3) is 9.20 Å². The van der Waals surface area contributed by atoms with E-state index in [0.29, 0.717) is 11.6 Å². The standard InChI is InChI=1S/C17H20F3NOSi/c1-4-21(5-2)23(22-3)13-8-6-12(7-9-13)14-10-16(19)17(20)11-15(14)18/h6-11,23H,4-5H2,1-3H3. The van der Waals surface area contributed by atoms with Crippen molar-refractivity contribution < 1.29 is 17.6 Å². The van der Waals surface area contributed by atoms with E-state index in [0.717, 1.165) is 24.3 Å². The molecule has 0 spiro atoms. The molecule has 6 heteroatoms. The highest BCUT2D eigenvalue weighted by Crippen LogP contribution is 2.24. The second kappa shape index (κ2) is 7.76. The summed E-state index contributed by atoms with van der Waals surface area (Å²) < 4.78 is 48.2. The van der Waals surface area contributed by atoms with Crippen LogP contribution in [0, 0.1) is 17.5 Å². The number of nitrogens with zero attached hydrogens (tertiary/aromatic N) is 1. The van der Waals surface area contributed by atoms with E-state index in [4.69, 9.17) is 4.43 Å². The van der Waals surface area contributed by atoms with Gasteiger partial charge < -0.3 is 8.99 Å². The van der Waals surface area contributed by atoms with Crippen molar-refractivity contribution in [2.24, 2.45) is 0 Å². The molecule has 0 aliphatic carbocycles. The van der Waals surface area contributed by atoms with E-state index < -0.39 is 26.7 Å². The molecule has 0 heterocycles. The zero-order valence-corrected chi connectivity index (χ0v) is 14.6. The molecule has 0 aliphatic rings. The highest BCUT2D eigenvalue weighted by Gasteiger charge is 2.20. The normalized spacial score (nSPS) is 12.7. The quantitative estimate of drug-likeness (QED) is 0.592. The second-order valence-electron chi connectivity index (χ2n) is 5.18. The van der Waals surface area contributed by atoms with Crippen LogP contribution in [-0.2, 0) is 4.43 Å². The minimum absolute atomic E-state index is 0.0499. The van der Waals surface area contributed by atoms with Crippen molar-refractivity contribution in [3.8, 4) is 11.1 Å². The second-order valence-corrected chi connectivity index (χ2v) is 7.75. The highest BCUT2D eigenvalue weighted by atomic mass is 28.3.